The van der Waals surface area contributed by atoms with Crippen LogP contribution in [0.1, 0.15) is 12.5 Å². The van der Waals surface area contributed by atoms with E-state index in [1.54, 1.807) is 36.9 Å². The van der Waals surface area contributed by atoms with Crippen LogP contribution in [0, 0.1) is 6.92 Å². The number of carbonyl (C=O) groups excluding carboxylic acids is 1. The molecule has 1 amide bonds. The fourth-order valence-corrected chi connectivity index (χ4v) is 4.54. The second-order valence-electron chi connectivity index (χ2n) is 6.03. The van der Waals surface area contributed by atoms with E-state index in [0.717, 1.165) is 16.7 Å². The van der Waals surface area contributed by atoms with E-state index in [2.05, 4.69) is 5.32 Å². The molecule has 1 atom stereocenters. The Kier molecular flexibility index (Phi) is 7.11. The third-order valence-electron chi connectivity index (χ3n) is 3.76. The predicted octanol–water partition coefficient (Wildman–Crippen LogP) is 3.06. The van der Waals surface area contributed by atoms with Gasteiger partial charge < -0.3 is 5.32 Å². The Morgan fingerprint density at radius 2 is 1.85 bits per heavy atom. The lowest BCUT2D eigenvalue weighted by atomic mass is 10.2. The third kappa shape index (κ3) is 5.78. The number of amides is 1. The van der Waals surface area contributed by atoms with E-state index in [-0.39, 0.29) is 5.91 Å². The van der Waals surface area contributed by atoms with Crippen molar-refractivity contribution in [2.24, 2.45) is 0 Å². The molecule has 2 rings (SSSR count). The van der Waals surface area contributed by atoms with Gasteiger partial charge in [0.2, 0.25) is 15.9 Å². The van der Waals surface area contributed by atoms with Crippen molar-refractivity contribution in [3.8, 4) is 0 Å². The average molecular weight is 393 g/mol. The number of nitrogens with zero attached hydrogens (tertiary/aromatic N) is 1. The van der Waals surface area contributed by atoms with E-state index < -0.39 is 16.1 Å². The van der Waals surface area contributed by atoms with E-state index >= 15 is 0 Å². The maximum Gasteiger partial charge on any atom is 0.243 e. The van der Waals surface area contributed by atoms with Gasteiger partial charge in [-0.2, -0.15) is 0 Å². The van der Waals surface area contributed by atoms with Crippen molar-refractivity contribution in [1.29, 1.82) is 0 Å². The number of hydrogen-bond acceptors (Lipinski definition) is 4. The lowest BCUT2D eigenvalue weighted by Gasteiger charge is -2.28. The highest BCUT2D eigenvalue weighted by Crippen LogP contribution is 2.22. The summed E-state index contributed by atoms with van der Waals surface area (Å²) in [5.74, 6) is 0.400. The average Bonchev–Trinajstić information content (AvgIpc) is 2.58. The molecule has 0 bridgehead atoms. The van der Waals surface area contributed by atoms with Crippen molar-refractivity contribution in [2.75, 3.05) is 22.9 Å². The van der Waals surface area contributed by atoms with Crippen molar-refractivity contribution in [3.05, 3.63) is 60.2 Å². The molecule has 0 fully saturated rings. The van der Waals surface area contributed by atoms with Gasteiger partial charge in [0, 0.05) is 17.2 Å². The molecule has 0 spiro atoms. The summed E-state index contributed by atoms with van der Waals surface area (Å²) in [6, 6.07) is 16.2. The van der Waals surface area contributed by atoms with Crippen LogP contribution in [0.25, 0.3) is 0 Å². The standard InChI is InChI=1S/C19H24N2O3S2/c1-15-8-7-9-17(14-15)21(26(3,23)24)16(2)19(22)20-12-13-25-18-10-5-4-6-11-18/h4-11,14,16H,12-13H2,1-3H3,(H,20,22)/t16-/m1/s1. The van der Waals surface area contributed by atoms with Gasteiger partial charge in [0.15, 0.2) is 0 Å². The number of thioether (sulfide) groups is 1. The molecule has 0 aliphatic heterocycles. The molecular formula is C19H24N2O3S2. The van der Waals surface area contributed by atoms with E-state index in [0.29, 0.717) is 18.0 Å². The highest BCUT2D eigenvalue weighted by Gasteiger charge is 2.28. The van der Waals surface area contributed by atoms with Crippen LogP contribution in [-0.2, 0) is 14.8 Å². The molecule has 2 aromatic rings. The van der Waals surface area contributed by atoms with Crippen LogP contribution in [0.2, 0.25) is 0 Å². The molecule has 7 heteroatoms. The summed E-state index contributed by atoms with van der Waals surface area (Å²) < 4.78 is 25.7. The first-order chi connectivity index (χ1) is 12.3. The van der Waals surface area contributed by atoms with Gasteiger partial charge in [-0.05, 0) is 43.7 Å². The molecule has 0 aliphatic rings. The van der Waals surface area contributed by atoms with Crippen LogP contribution in [0.15, 0.2) is 59.5 Å². The van der Waals surface area contributed by atoms with Gasteiger partial charge in [-0.3, -0.25) is 9.10 Å². The van der Waals surface area contributed by atoms with Gasteiger partial charge >= 0.3 is 0 Å². The largest absolute Gasteiger partial charge is 0.353 e. The van der Waals surface area contributed by atoms with E-state index in [1.807, 2.05) is 43.3 Å². The normalized spacial score (nSPS) is 12.4. The van der Waals surface area contributed by atoms with Crippen molar-refractivity contribution >= 4 is 33.4 Å². The summed E-state index contributed by atoms with van der Waals surface area (Å²) in [5, 5.41) is 2.82. The minimum atomic E-state index is -3.59. The molecule has 26 heavy (non-hydrogen) atoms. The van der Waals surface area contributed by atoms with Crippen molar-refractivity contribution in [3.63, 3.8) is 0 Å². The van der Waals surface area contributed by atoms with Gasteiger partial charge in [0.05, 0.1) is 11.9 Å². The monoisotopic (exact) mass is 392 g/mol. The second kappa shape index (κ2) is 9.09. The number of anilines is 1. The Balaban J connectivity index is 1.99. The fraction of sp³-hybridized carbons (Fsp3) is 0.316. The molecule has 0 unspecified atom stereocenters. The number of sulfonamides is 1. The Bertz CT molecular complexity index is 839. The maximum atomic E-state index is 12.5. The molecule has 0 aromatic heterocycles. The van der Waals surface area contributed by atoms with E-state index in [9.17, 15) is 13.2 Å². The first kappa shape index (κ1) is 20.3. The Morgan fingerprint density at radius 3 is 2.46 bits per heavy atom. The first-order valence-corrected chi connectivity index (χ1v) is 11.1. The van der Waals surface area contributed by atoms with Crippen LogP contribution in [0.4, 0.5) is 5.69 Å². The number of benzene rings is 2. The number of aryl methyl sites for hydroxylation is 1. The smallest absolute Gasteiger partial charge is 0.243 e. The zero-order chi connectivity index (χ0) is 19.2. The van der Waals surface area contributed by atoms with E-state index in [1.165, 1.54) is 4.31 Å². The zero-order valence-corrected chi connectivity index (χ0v) is 16.8. The summed E-state index contributed by atoms with van der Waals surface area (Å²) in [6.45, 7) is 3.95. The molecule has 1 N–H and O–H groups in total. The van der Waals surface area contributed by atoms with Crippen molar-refractivity contribution in [1.82, 2.24) is 5.32 Å². The number of rotatable bonds is 8. The molecule has 5 nitrogen and oxygen atoms in total. The van der Waals surface area contributed by atoms with Crippen LogP contribution in [0.5, 0.6) is 0 Å². The van der Waals surface area contributed by atoms with Crippen molar-refractivity contribution < 1.29 is 13.2 Å². The quantitative estimate of drug-likeness (QED) is 0.554. The Labute approximate surface area is 159 Å². The molecule has 0 heterocycles. The van der Waals surface area contributed by atoms with Gasteiger partial charge in [-0.1, -0.05) is 30.3 Å². The third-order valence-corrected chi connectivity index (χ3v) is 6.01. The molecular weight excluding hydrogens is 368 g/mol. The molecule has 2 aromatic carbocycles. The Hall–Kier alpha value is -1.99. The molecule has 0 aliphatic carbocycles. The lowest BCUT2D eigenvalue weighted by Crippen LogP contribution is -2.48. The second-order valence-corrected chi connectivity index (χ2v) is 9.05. The highest BCUT2D eigenvalue weighted by molar-refractivity contribution is 7.99. The van der Waals surface area contributed by atoms with Crippen LogP contribution >= 0.6 is 11.8 Å². The topological polar surface area (TPSA) is 66.5 Å². The van der Waals surface area contributed by atoms with E-state index in [4.69, 9.17) is 0 Å². The predicted molar refractivity (Wildman–Crippen MR) is 108 cm³/mol. The minimum Gasteiger partial charge on any atom is -0.353 e. The molecule has 0 saturated heterocycles. The first-order valence-electron chi connectivity index (χ1n) is 8.30. The molecule has 0 saturated carbocycles. The lowest BCUT2D eigenvalue weighted by molar-refractivity contribution is -0.121. The number of nitrogens with one attached hydrogen (secondary N) is 1. The fourth-order valence-electron chi connectivity index (χ4n) is 2.58. The van der Waals surface area contributed by atoms with Gasteiger partial charge in [0.25, 0.3) is 0 Å². The SMILES string of the molecule is Cc1cccc(N([C@H](C)C(=O)NCCSc2ccccc2)S(C)(=O)=O)c1. The van der Waals surface area contributed by atoms with Gasteiger partial charge in [-0.15, -0.1) is 11.8 Å². The summed E-state index contributed by atoms with van der Waals surface area (Å²) in [5.41, 5.74) is 1.43. The zero-order valence-electron chi connectivity index (χ0n) is 15.2. The number of carbonyl (C=O) groups is 1. The van der Waals surface area contributed by atoms with Crippen LogP contribution < -0.4 is 9.62 Å². The van der Waals surface area contributed by atoms with Gasteiger partial charge in [-0.25, -0.2) is 8.42 Å². The minimum absolute atomic E-state index is 0.314. The summed E-state index contributed by atoms with van der Waals surface area (Å²) in [4.78, 5) is 13.6. The maximum absolute atomic E-state index is 12.5. The molecule has 0 radical (unpaired) electrons. The van der Waals surface area contributed by atoms with Crippen LogP contribution in [0.3, 0.4) is 0 Å². The Morgan fingerprint density at radius 1 is 1.15 bits per heavy atom. The number of hydrogen-bond donors (Lipinski definition) is 1. The summed E-state index contributed by atoms with van der Waals surface area (Å²) >= 11 is 1.64. The summed E-state index contributed by atoms with van der Waals surface area (Å²) in [6.07, 6.45) is 1.12. The van der Waals surface area contributed by atoms with Crippen molar-refractivity contribution in [2.45, 2.75) is 24.8 Å². The molecule has 140 valence electrons. The van der Waals surface area contributed by atoms with Gasteiger partial charge in [0.1, 0.15) is 6.04 Å². The summed E-state index contributed by atoms with van der Waals surface area (Å²) in [7, 11) is -3.59. The highest BCUT2D eigenvalue weighted by atomic mass is 32.2. The van der Waals surface area contributed by atoms with Crippen LogP contribution in [-0.4, -0.2) is 38.9 Å².